The van der Waals surface area contributed by atoms with Gasteiger partial charge >= 0.3 is 0 Å². The van der Waals surface area contributed by atoms with Crippen LogP contribution < -0.4 is 10.1 Å². The fourth-order valence-corrected chi connectivity index (χ4v) is 5.64. The maximum atomic E-state index is 12.7. The number of nitrogens with one attached hydrogen (secondary N) is 1. The van der Waals surface area contributed by atoms with E-state index < -0.39 is 0 Å². The van der Waals surface area contributed by atoms with Gasteiger partial charge in [0.2, 0.25) is 5.91 Å². The third kappa shape index (κ3) is 6.03. The number of ether oxygens (including phenoxy) is 1. The molecule has 172 valence electrons. The molecule has 0 spiro atoms. The van der Waals surface area contributed by atoms with Gasteiger partial charge in [-0.3, -0.25) is 9.69 Å². The number of thiophene rings is 1. The highest BCUT2D eigenvalue weighted by Crippen LogP contribution is 2.35. The highest BCUT2D eigenvalue weighted by molar-refractivity contribution is 7.19. The molecule has 4 nitrogen and oxygen atoms in total. The summed E-state index contributed by atoms with van der Waals surface area (Å²) in [7, 11) is 1.69. The van der Waals surface area contributed by atoms with Gasteiger partial charge in [0.25, 0.3) is 0 Å². The molecule has 0 unspecified atom stereocenters. The largest absolute Gasteiger partial charge is 0.496 e. The Bertz CT molecular complexity index is 1050. The fraction of sp³-hybridized carbons (Fsp3) is 0.423. The molecule has 0 radical (unpaired) electrons. The van der Waals surface area contributed by atoms with E-state index in [4.69, 9.17) is 16.3 Å². The molecule has 0 atom stereocenters. The summed E-state index contributed by atoms with van der Waals surface area (Å²) in [4.78, 5) is 16.1. The predicted molar refractivity (Wildman–Crippen MR) is 137 cm³/mol. The van der Waals surface area contributed by atoms with Crippen LogP contribution in [0.15, 0.2) is 42.5 Å². The predicted octanol–water partition coefficient (Wildman–Crippen LogP) is 6.80. The average Bonchev–Trinajstić information content (AvgIpc) is 3.06. The summed E-state index contributed by atoms with van der Waals surface area (Å²) in [5.41, 5.74) is 1.89. The summed E-state index contributed by atoms with van der Waals surface area (Å²) in [5, 5.41) is 4.71. The van der Waals surface area contributed by atoms with Crippen molar-refractivity contribution in [3.63, 3.8) is 0 Å². The van der Waals surface area contributed by atoms with E-state index in [-0.39, 0.29) is 12.3 Å². The number of hydrogen-bond acceptors (Lipinski definition) is 4. The van der Waals surface area contributed by atoms with Crippen molar-refractivity contribution in [3.8, 4) is 5.75 Å². The van der Waals surface area contributed by atoms with E-state index in [1.165, 1.54) is 0 Å². The summed E-state index contributed by atoms with van der Waals surface area (Å²) in [6, 6.07) is 14.9. The maximum Gasteiger partial charge on any atom is 0.229 e. The van der Waals surface area contributed by atoms with Crippen LogP contribution in [-0.2, 0) is 17.6 Å². The minimum Gasteiger partial charge on any atom is -0.496 e. The van der Waals surface area contributed by atoms with E-state index in [1.54, 1.807) is 18.4 Å². The molecule has 2 aromatic carbocycles. The second-order valence-electron chi connectivity index (χ2n) is 8.62. The van der Waals surface area contributed by atoms with Gasteiger partial charge in [0.05, 0.1) is 18.6 Å². The first-order valence-corrected chi connectivity index (χ1v) is 12.4. The van der Waals surface area contributed by atoms with Crippen molar-refractivity contribution in [3.05, 3.63) is 57.9 Å². The summed E-state index contributed by atoms with van der Waals surface area (Å²) in [6.45, 7) is 9.97. The minimum absolute atomic E-state index is 0.0691. The van der Waals surface area contributed by atoms with Gasteiger partial charge in [-0.2, -0.15) is 0 Å². The lowest BCUT2D eigenvalue weighted by Crippen LogP contribution is -2.37. The molecular weight excluding hydrogens is 440 g/mol. The van der Waals surface area contributed by atoms with Crippen molar-refractivity contribution in [1.29, 1.82) is 0 Å². The SMILES string of the molecule is COc1ccc(NC(=O)Cc2sc3ccccc3c2Cl)cc1CCCN(C(C)C)C(C)C. The lowest BCUT2D eigenvalue weighted by atomic mass is 10.1. The number of halogens is 1. The van der Waals surface area contributed by atoms with Gasteiger partial charge < -0.3 is 10.1 Å². The Labute approximate surface area is 200 Å². The number of nitrogens with zero attached hydrogens (tertiary/aromatic N) is 1. The quantitative estimate of drug-likeness (QED) is 0.353. The molecule has 0 aliphatic rings. The van der Waals surface area contributed by atoms with Gasteiger partial charge in [0, 0.05) is 32.7 Å². The minimum atomic E-state index is -0.0691. The second kappa shape index (κ2) is 11.2. The number of fused-ring (bicyclic) bond motifs is 1. The van der Waals surface area contributed by atoms with Gasteiger partial charge in [-0.05, 0) is 76.9 Å². The van der Waals surface area contributed by atoms with Crippen LogP contribution in [0.4, 0.5) is 5.69 Å². The number of rotatable bonds is 10. The molecule has 1 heterocycles. The topological polar surface area (TPSA) is 41.6 Å². The summed E-state index contributed by atoms with van der Waals surface area (Å²) >= 11 is 8.08. The van der Waals surface area contributed by atoms with Crippen molar-refractivity contribution in [1.82, 2.24) is 4.90 Å². The van der Waals surface area contributed by atoms with Gasteiger partial charge in [-0.1, -0.05) is 29.8 Å². The van der Waals surface area contributed by atoms with Crippen LogP contribution >= 0.6 is 22.9 Å². The molecule has 3 aromatic rings. The summed E-state index contributed by atoms with van der Waals surface area (Å²) < 4.78 is 6.66. The van der Waals surface area contributed by atoms with Crippen molar-refractivity contribution >= 4 is 44.6 Å². The van der Waals surface area contributed by atoms with E-state index >= 15 is 0 Å². The number of anilines is 1. The molecule has 1 aromatic heterocycles. The molecular formula is C26H33ClN2O2S. The van der Waals surface area contributed by atoms with Crippen molar-refractivity contribution in [2.75, 3.05) is 19.0 Å². The molecule has 0 bridgehead atoms. The smallest absolute Gasteiger partial charge is 0.229 e. The zero-order valence-electron chi connectivity index (χ0n) is 19.6. The number of hydrogen-bond donors (Lipinski definition) is 1. The van der Waals surface area contributed by atoms with E-state index in [9.17, 15) is 4.79 Å². The van der Waals surface area contributed by atoms with Crippen molar-refractivity contribution < 1.29 is 9.53 Å². The van der Waals surface area contributed by atoms with Crippen LogP contribution in [-0.4, -0.2) is 36.5 Å². The number of amides is 1. The third-order valence-electron chi connectivity index (χ3n) is 5.68. The Morgan fingerprint density at radius 2 is 1.84 bits per heavy atom. The number of benzene rings is 2. The molecule has 32 heavy (non-hydrogen) atoms. The van der Waals surface area contributed by atoms with Crippen LogP contribution in [0.2, 0.25) is 5.02 Å². The molecule has 3 rings (SSSR count). The average molecular weight is 473 g/mol. The molecule has 1 N–H and O–H groups in total. The van der Waals surface area contributed by atoms with Crippen LogP contribution in [0.3, 0.4) is 0 Å². The number of aryl methyl sites for hydroxylation is 1. The Morgan fingerprint density at radius 1 is 1.12 bits per heavy atom. The van der Waals surface area contributed by atoms with Crippen LogP contribution in [0, 0.1) is 0 Å². The van der Waals surface area contributed by atoms with Gasteiger partial charge in [0.15, 0.2) is 0 Å². The highest BCUT2D eigenvalue weighted by Gasteiger charge is 2.16. The number of methoxy groups -OCH3 is 1. The first-order chi connectivity index (χ1) is 15.3. The van der Waals surface area contributed by atoms with Crippen molar-refractivity contribution in [2.45, 2.75) is 59.0 Å². The second-order valence-corrected chi connectivity index (χ2v) is 10.1. The summed E-state index contributed by atoms with van der Waals surface area (Å²) in [5.74, 6) is 0.788. The van der Waals surface area contributed by atoms with Gasteiger partial charge in [-0.15, -0.1) is 11.3 Å². The van der Waals surface area contributed by atoms with E-state index in [1.807, 2.05) is 42.5 Å². The standard InChI is InChI=1S/C26H33ClN2O2S/c1-17(2)29(18(3)4)14-8-9-19-15-20(12-13-22(19)31-5)28-25(30)16-24-26(27)21-10-6-7-11-23(21)32-24/h6-7,10-13,15,17-18H,8-9,14,16H2,1-5H3,(H,28,30). The van der Waals surface area contributed by atoms with E-state index in [2.05, 4.69) is 37.9 Å². The first-order valence-electron chi connectivity index (χ1n) is 11.2. The molecule has 0 saturated carbocycles. The Balaban J connectivity index is 1.66. The monoisotopic (exact) mass is 472 g/mol. The molecule has 0 saturated heterocycles. The Hall–Kier alpha value is -2.08. The van der Waals surface area contributed by atoms with Crippen LogP contribution in [0.25, 0.3) is 10.1 Å². The Kier molecular flexibility index (Phi) is 8.57. The first kappa shape index (κ1) is 24.6. The van der Waals surface area contributed by atoms with E-state index in [0.29, 0.717) is 17.1 Å². The zero-order chi connectivity index (χ0) is 23.3. The molecule has 0 aliphatic carbocycles. The van der Waals surface area contributed by atoms with Crippen LogP contribution in [0.5, 0.6) is 5.75 Å². The van der Waals surface area contributed by atoms with Crippen molar-refractivity contribution in [2.24, 2.45) is 0 Å². The number of carbonyl (C=O) groups is 1. The van der Waals surface area contributed by atoms with Crippen LogP contribution in [0.1, 0.15) is 44.6 Å². The highest BCUT2D eigenvalue weighted by atomic mass is 35.5. The molecule has 6 heteroatoms. The molecule has 0 fully saturated rings. The fourth-order valence-electron chi connectivity index (χ4n) is 4.15. The molecule has 1 amide bonds. The normalized spacial score (nSPS) is 11.7. The van der Waals surface area contributed by atoms with Gasteiger partial charge in [-0.25, -0.2) is 0 Å². The third-order valence-corrected chi connectivity index (χ3v) is 7.39. The molecule has 0 aliphatic heterocycles. The van der Waals surface area contributed by atoms with E-state index in [0.717, 1.165) is 51.4 Å². The lowest BCUT2D eigenvalue weighted by Gasteiger charge is -2.30. The zero-order valence-corrected chi connectivity index (χ0v) is 21.1. The van der Waals surface area contributed by atoms with Gasteiger partial charge in [0.1, 0.15) is 5.75 Å². The number of carbonyl (C=O) groups excluding carboxylic acids is 1. The summed E-state index contributed by atoms with van der Waals surface area (Å²) in [6.07, 6.45) is 2.18. The lowest BCUT2D eigenvalue weighted by molar-refractivity contribution is -0.115. The Morgan fingerprint density at radius 3 is 2.50 bits per heavy atom. The maximum absolute atomic E-state index is 12.7.